The molecule has 3 nitrogen and oxygen atoms in total. The van der Waals surface area contributed by atoms with Crippen molar-refractivity contribution in [3.63, 3.8) is 0 Å². The van der Waals surface area contributed by atoms with Gasteiger partial charge in [0.25, 0.3) is 0 Å². The van der Waals surface area contributed by atoms with E-state index < -0.39 is 0 Å². The second kappa shape index (κ2) is 6.64. The Kier molecular flexibility index (Phi) is 4.41. The number of hydrogen-bond acceptors (Lipinski definition) is 3. The molecule has 1 aliphatic rings. The van der Waals surface area contributed by atoms with Crippen LogP contribution >= 0.6 is 0 Å². The summed E-state index contributed by atoms with van der Waals surface area (Å²) >= 11 is 0. The van der Waals surface area contributed by atoms with Crippen molar-refractivity contribution in [2.24, 2.45) is 11.7 Å². The predicted molar refractivity (Wildman–Crippen MR) is 83.5 cm³/mol. The molecule has 2 aromatic carbocycles. The van der Waals surface area contributed by atoms with Gasteiger partial charge in [-0.15, -0.1) is 0 Å². The quantitative estimate of drug-likeness (QED) is 0.790. The van der Waals surface area contributed by atoms with Gasteiger partial charge in [0, 0.05) is 6.04 Å². The van der Waals surface area contributed by atoms with Crippen LogP contribution in [-0.2, 0) is 0 Å². The van der Waals surface area contributed by atoms with Crippen LogP contribution in [0, 0.1) is 5.92 Å². The summed E-state index contributed by atoms with van der Waals surface area (Å²) in [4.78, 5) is 0. The largest absolute Gasteiger partial charge is 0.490 e. The molecule has 1 saturated carbocycles. The molecular formula is C18H21NO2. The van der Waals surface area contributed by atoms with Gasteiger partial charge in [0.05, 0.1) is 0 Å². The molecule has 1 fully saturated rings. The molecule has 0 aromatic heterocycles. The third kappa shape index (κ3) is 3.99. The summed E-state index contributed by atoms with van der Waals surface area (Å²) < 4.78 is 11.3. The fourth-order valence-corrected chi connectivity index (χ4v) is 2.35. The Balaban J connectivity index is 1.43. The van der Waals surface area contributed by atoms with E-state index in [1.54, 1.807) is 0 Å². The molecule has 2 N–H and O–H groups in total. The van der Waals surface area contributed by atoms with Crippen LogP contribution in [0.2, 0.25) is 0 Å². The smallest absolute Gasteiger partial charge is 0.122 e. The summed E-state index contributed by atoms with van der Waals surface area (Å²) in [6, 6.07) is 18.0. The second-order valence-electron chi connectivity index (χ2n) is 5.44. The lowest BCUT2D eigenvalue weighted by Crippen LogP contribution is -2.12. The van der Waals surface area contributed by atoms with Gasteiger partial charge in [-0.2, -0.15) is 0 Å². The number of nitrogens with two attached hydrogens (primary N) is 1. The topological polar surface area (TPSA) is 44.5 Å². The summed E-state index contributed by atoms with van der Waals surface area (Å²) in [5.74, 6) is 2.40. The number of hydrogen-bond donors (Lipinski definition) is 1. The van der Waals surface area contributed by atoms with E-state index in [-0.39, 0.29) is 6.04 Å². The van der Waals surface area contributed by atoms with E-state index in [4.69, 9.17) is 15.2 Å². The Morgan fingerprint density at radius 3 is 2.00 bits per heavy atom. The number of benzene rings is 2. The Bertz CT molecular complexity index is 549. The monoisotopic (exact) mass is 283 g/mol. The molecule has 0 aliphatic heterocycles. The van der Waals surface area contributed by atoms with Gasteiger partial charge in [-0.25, -0.2) is 0 Å². The maximum absolute atomic E-state index is 6.18. The van der Waals surface area contributed by atoms with Crippen LogP contribution in [0.15, 0.2) is 54.6 Å². The molecule has 0 bridgehead atoms. The summed E-state index contributed by atoms with van der Waals surface area (Å²) in [6.07, 6.45) is 2.52. The lowest BCUT2D eigenvalue weighted by molar-refractivity contribution is 0.217. The van der Waals surface area contributed by atoms with Crippen LogP contribution in [0.1, 0.15) is 24.4 Å². The van der Waals surface area contributed by atoms with Crippen molar-refractivity contribution in [2.45, 2.75) is 18.9 Å². The lowest BCUT2D eigenvalue weighted by Gasteiger charge is -2.12. The molecule has 1 unspecified atom stereocenters. The zero-order chi connectivity index (χ0) is 14.5. The Hall–Kier alpha value is -2.00. The van der Waals surface area contributed by atoms with Crippen molar-refractivity contribution in [1.82, 2.24) is 0 Å². The molecule has 0 radical (unpaired) electrons. The minimum Gasteiger partial charge on any atom is -0.490 e. The molecule has 1 aliphatic carbocycles. The second-order valence-corrected chi connectivity index (χ2v) is 5.44. The molecule has 2 aromatic rings. The van der Waals surface area contributed by atoms with E-state index >= 15 is 0 Å². The van der Waals surface area contributed by atoms with Gasteiger partial charge in [-0.1, -0.05) is 30.3 Å². The van der Waals surface area contributed by atoms with Crippen molar-refractivity contribution in [2.75, 3.05) is 13.2 Å². The minimum atomic E-state index is 0.181. The van der Waals surface area contributed by atoms with E-state index in [1.807, 2.05) is 42.5 Å². The summed E-state index contributed by atoms with van der Waals surface area (Å²) in [6.45, 7) is 1.07. The Morgan fingerprint density at radius 2 is 1.43 bits per heavy atom. The van der Waals surface area contributed by atoms with Crippen molar-refractivity contribution >= 4 is 0 Å². The van der Waals surface area contributed by atoms with E-state index in [0.717, 1.165) is 11.5 Å². The first-order valence-corrected chi connectivity index (χ1v) is 7.49. The number of ether oxygens (including phenoxy) is 2. The third-order valence-electron chi connectivity index (χ3n) is 3.76. The van der Waals surface area contributed by atoms with Gasteiger partial charge in [-0.3, -0.25) is 0 Å². The zero-order valence-electron chi connectivity index (χ0n) is 12.1. The molecule has 0 saturated heterocycles. The standard InChI is InChI=1S/C18H21NO2/c19-18(14-6-7-14)15-8-10-17(11-9-15)21-13-12-20-16-4-2-1-3-5-16/h1-5,8-11,14,18H,6-7,12-13,19H2. The molecule has 110 valence electrons. The lowest BCUT2D eigenvalue weighted by atomic mass is 10.0. The average Bonchev–Trinajstić information content (AvgIpc) is 3.37. The number of para-hydroxylation sites is 1. The zero-order valence-corrected chi connectivity index (χ0v) is 12.1. The Labute approximate surface area is 125 Å². The van der Waals surface area contributed by atoms with Gasteiger partial charge in [0.1, 0.15) is 24.7 Å². The minimum absolute atomic E-state index is 0.181. The molecule has 3 rings (SSSR count). The van der Waals surface area contributed by atoms with Crippen LogP contribution in [0.25, 0.3) is 0 Å². The fraction of sp³-hybridized carbons (Fsp3) is 0.333. The highest BCUT2D eigenvalue weighted by Crippen LogP contribution is 2.39. The molecule has 0 spiro atoms. The summed E-state index contributed by atoms with van der Waals surface area (Å²) in [5, 5.41) is 0. The third-order valence-corrected chi connectivity index (χ3v) is 3.76. The maximum atomic E-state index is 6.18. The summed E-state index contributed by atoms with van der Waals surface area (Å²) in [5.41, 5.74) is 7.38. The summed E-state index contributed by atoms with van der Waals surface area (Å²) in [7, 11) is 0. The number of rotatable bonds is 7. The van der Waals surface area contributed by atoms with Crippen LogP contribution in [0.5, 0.6) is 11.5 Å². The van der Waals surface area contributed by atoms with Crippen LogP contribution in [0.3, 0.4) is 0 Å². The highest BCUT2D eigenvalue weighted by Gasteiger charge is 2.29. The van der Waals surface area contributed by atoms with Gasteiger partial charge >= 0.3 is 0 Å². The van der Waals surface area contributed by atoms with Crippen LogP contribution in [0.4, 0.5) is 0 Å². The first-order chi connectivity index (χ1) is 10.3. The molecule has 21 heavy (non-hydrogen) atoms. The molecule has 1 atom stereocenters. The molecule has 3 heteroatoms. The highest BCUT2D eigenvalue weighted by molar-refractivity contribution is 5.30. The molecule has 0 heterocycles. The van der Waals surface area contributed by atoms with E-state index in [0.29, 0.717) is 19.1 Å². The first kappa shape index (κ1) is 14.0. The van der Waals surface area contributed by atoms with Gasteiger partial charge in [0.2, 0.25) is 0 Å². The van der Waals surface area contributed by atoms with Crippen LogP contribution in [-0.4, -0.2) is 13.2 Å². The van der Waals surface area contributed by atoms with Crippen molar-refractivity contribution in [3.8, 4) is 11.5 Å². The van der Waals surface area contributed by atoms with E-state index in [9.17, 15) is 0 Å². The van der Waals surface area contributed by atoms with Gasteiger partial charge in [0.15, 0.2) is 0 Å². The predicted octanol–water partition coefficient (Wildman–Crippen LogP) is 3.55. The van der Waals surface area contributed by atoms with Crippen molar-refractivity contribution in [3.05, 3.63) is 60.2 Å². The van der Waals surface area contributed by atoms with Gasteiger partial charge < -0.3 is 15.2 Å². The Morgan fingerprint density at radius 1 is 0.857 bits per heavy atom. The highest BCUT2D eigenvalue weighted by atomic mass is 16.5. The van der Waals surface area contributed by atoms with Crippen molar-refractivity contribution < 1.29 is 9.47 Å². The van der Waals surface area contributed by atoms with E-state index in [1.165, 1.54) is 18.4 Å². The van der Waals surface area contributed by atoms with Crippen LogP contribution < -0.4 is 15.2 Å². The maximum Gasteiger partial charge on any atom is 0.122 e. The normalized spacial score (nSPS) is 15.5. The SMILES string of the molecule is NC(c1ccc(OCCOc2ccccc2)cc1)C1CC1. The average molecular weight is 283 g/mol. The van der Waals surface area contributed by atoms with Gasteiger partial charge in [-0.05, 0) is 48.6 Å². The first-order valence-electron chi connectivity index (χ1n) is 7.49. The van der Waals surface area contributed by atoms with E-state index in [2.05, 4.69) is 12.1 Å². The molecule has 0 amide bonds. The molecular weight excluding hydrogens is 262 g/mol. The fourth-order valence-electron chi connectivity index (χ4n) is 2.35. The van der Waals surface area contributed by atoms with Crippen molar-refractivity contribution in [1.29, 1.82) is 0 Å².